The Hall–Kier alpha value is -1.15. The highest BCUT2D eigenvalue weighted by atomic mass is 35.5. The molecule has 5 nitrogen and oxygen atoms in total. The third kappa shape index (κ3) is 3.12. The van der Waals surface area contributed by atoms with E-state index in [2.05, 4.69) is 4.72 Å². The fourth-order valence-electron chi connectivity index (χ4n) is 1.87. The van der Waals surface area contributed by atoms with E-state index in [0.717, 1.165) is 4.70 Å². The molecule has 2 N–H and O–H groups in total. The molecule has 0 aliphatic carbocycles. The molecule has 2 rings (SSSR count). The molecule has 1 aromatic heterocycles. The van der Waals surface area contributed by atoms with E-state index in [1.54, 1.807) is 25.1 Å². The maximum Gasteiger partial charge on any atom is 0.304 e. The third-order valence-electron chi connectivity index (χ3n) is 2.67. The van der Waals surface area contributed by atoms with E-state index in [1.807, 2.05) is 0 Å². The lowest BCUT2D eigenvalue weighted by atomic mass is 10.2. The van der Waals surface area contributed by atoms with E-state index in [1.165, 1.54) is 11.3 Å². The SMILES string of the molecule is Cc1sc2ccc(Cl)cc2c1S(=O)(=O)NCCC(=O)O. The van der Waals surface area contributed by atoms with Gasteiger partial charge in [0.1, 0.15) is 4.90 Å². The van der Waals surface area contributed by atoms with Crippen molar-refractivity contribution in [2.75, 3.05) is 6.54 Å². The van der Waals surface area contributed by atoms with Crippen molar-refractivity contribution in [3.63, 3.8) is 0 Å². The number of carboxylic acids is 1. The second-order valence-electron chi connectivity index (χ2n) is 4.17. The molecule has 0 bridgehead atoms. The number of hydrogen-bond acceptors (Lipinski definition) is 4. The number of hydrogen-bond donors (Lipinski definition) is 2. The minimum absolute atomic E-state index is 0.144. The normalized spacial score (nSPS) is 11.9. The van der Waals surface area contributed by atoms with E-state index in [0.29, 0.717) is 15.3 Å². The molecule has 1 heterocycles. The molecule has 0 spiro atoms. The van der Waals surface area contributed by atoms with Crippen LogP contribution in [0.15, 0.2) is 23.1 Å². The van der Waals surface area contributed by atoms with Crippen molar-refractivity contribution in [2.45, 2.75) is 18.2 Å². The zero-order valence-electron chi connectivity index (χ0n) is 10.5. The Kier molecular flexibility index (Phi) is 4.33. The van der Waals surface area contributed by atoms with Gasteiger partial charge in [-0.25, -0.2) is 13.1 Å². The van der Waals surface area contributed by atoms with Crippen LogP contribution in [0.3, 0.4) is 0 Å². The minimum Gasteiger partial charge on any atom is -0.481 e. The molecule has 8 heteroatoms. The summed E-state index contributed by atoms with van der Waals surface area (Å²) < 4.78 is 27.7. The van der Waals surface area contributed by atoms with E-state index >= 15 is 0 Å². The van der Waals surface area contributed by atoms with Crippen molar-refractivity contribution >= 4 is 49.0 Å². The lowest BCUT2D eigenvalue weighted by Gasteiger charge is -2.06. The Balaban J connectivity index is 2.43. The number of carboxylic acid groups (broad SMARTS) is 1. The number of benzene rings is 1. The van der Waals surface area contributed by atoms with Gasteiger partial charge in [-0.1, -0.05) is 11.6 Å². The van der Waals surface area contributed by atoms with Gasteiger partial charge in [0.05, 0.1) is 6.42 Å². The number of nitrogens with one attached hydrogen (secondary N) is 1. The van der Waals surface area contributed by atoms with E-state index in [-0.39, 0.29) is 17.9 Å². The van der Waals surface area contributed by atoms with E-state index in [9.17, 15) is 13.2 Å². The molecule has 108 valence electrons. The van der Waals surface area contributed by atoms with Crippen molar-refractivity contribution < 1.29 is 18.3 Å². The van der Waals surface area contributed by atoms with Crippen LogP contribution in [0.1, 0.15) is 11.3 Å². The molecular formula is C12H12ClNO4S2. The molecular weight excluding hydrogens is 322 g/mol. The molecule has 0 radical (unpaired) electrons. The summed E-state index contributed by atoms with van der Waals surface area (Å²) in [4.78, 5) is 11.3. The first-order valence-corrected chi connectivity index (χ1v) is 8.39. The van der Waals surface area contributed by atoms with Crippen LogP contribution in [-0.4, -0.2) is 26.0 Å². The average molecular weight is 334 g/mol. The number of carbonyl (C=O) groups is 1. The van der Waals surface area contributed by atoms with Crippen LogP contribution in [-0.2, 0) is 14.8 Å². The molecule has 0 saturated heterocycles. The summed E-state index contributed by atoms with van der Waals surface area (Å²) in [7, 11) is -3.75. The van der Waals surface area contributed by atoms with Crippen LogP contribution in [0.4, 0.5) is 0 Å². The molecule has 0 atom stereocenters. The quantitative estimate of drug-likeness (QED) is 0.881. The van der Waals surface area contributed by atoms with E-state index < -0.39 is 16.0 Å². The van der Waals surface area contributed by atoms with Gasteiger partial charge in [0.2, 0.25) is 10.0 Å². The lowest BCUT2D eigenvalue weighted by molar-refractivity contribution is -0.136. The summed E-state index contributed by atoms with van der Waals surface area (Å²) in [6.45, 7) is 1.57. The second kappa shape index (κ2) is 5.69. The predicted molar refractivity (Wildman–Crippen MR) is 79.0 cm³/mol. The Morgan fingerprint density at radius 3 is 2.80 bits per heavy atom. The highest BCUT2D eigenvalue weighted by Crippen LogP contribution is 2.35. The predicted octanol–water partition coefficient (Wildman–Crippen LogP) is 2.62. The zero-order chi connectivity index (χ0) is 14.9. The van der Waals surface area contributed by atoms with Crippen LogP contribution in [0.5, 0.6) is 0 Å². The first-order valence-electron chi connectivity index (χ1n) is 5.71. The number of thiophene rings is 1. The van der Waals surface area contributed by atoms with Crippen LogP contribution in [0, 0.1) is 6.92 Å². The van der Waals surface area contributed by atoms with Crippen molar-refractivity contribution in [2.24, 2.45) is 0 Å². The number of aryl methyl sites for hydroxylation is 1. The molecule has 0 saturated carbocycles. The summed E-state index contributed by atoms with van der Waals surface area (Å²) >= 11 is 7.27. The van der Waals surface area contributed by atoms with Crippen LogP contribution >= 0.6 is 22.9 Å². The standard InChI is InChI=1S/C12H12ClNO4S2/c1-7-12(20(17,18)14-5-4-11(15)16)9-6-8(13)2-3-10(9)19-7/h2-3,6,14H,4-5H2,1H3,(H,15,16). The summed E-state index contributed by atoms with van der Waals surface area (Å²) in [5.41, 5.74) is 0. The van der Waals surface area contributed by atoms with Gasteiger partial charge in [0.15, 0.2) is 0 Å². The molecule has 0 unspecified atom stereocenters. The maximum atomic E-state index is 12.3. The van der Waals surface area contributed by atoms with Gasteiger partial charge >= 0.3 is 5.97 Å². The molecule has 0 aliphatic rings. The van der Waals surface area contributed by atoms with Crippen molar-refractivity contribution in [3.8, 4) is 0 Å². The summed E-state index contributed by atoms with van der Waals surface area (Å²) in [5, 5.41) is 9.57. The van der Waals surface area contributed by atoms with Crippen molar-refractivity contribution in [3.05, 3.63) is 28.1 Å². The fraction of sp³-hybridized carbons (Fsp3) is 0.250. The highest BCUT2D eigenvalue weighted by molar-refractivity contribution is 7.90. The van der Waals surface area contributed by atoms with Gasteiger partial charge < -0.3 is 5.11 Å². The lowest BCUT2D eigenvalue weighted by Crippen LogP contribution is -2.26. The largest absolute Gasteiger partial charge is 0.481 e. The number of aliphatic carboxylic acids is 1. The number of halogens is 1. The zero-order valence-corrected chi connectivity index (χ0v) is 12.9. The fourth-order valence-corrected chi connectivity index (χ4v) is 4.85. The first kappa shape index (κ1) is 15.2. The van der Waals surface area contributed by atoms with Gasteiger partial charge in [-0.3, -0.25) is 4.79 Å². The van der Waals surface area contributed by atoms with Crippen molar-refractivity contribution in [1.82, 2.24) is 4.72 Å². The molecule has 0 aliphatic heterocycles. The molecule has 1 aromatic carbocycles. The van der Waals surface area contributed by atoms with Gasteiger partial charge in [-0.15, -0.1) is 11.3 Å². The summed E-state index contributed by atoms with van der Waals surface area (Å²) in [5.74, 6) is -1.05. The van der Waals surface area contributed by atoms with Crippen LogP contribution in [0.25, 0.3) is 10.1 Å². The van der Waals surface area contributed by atoms with E-state index in [4.69, 9.17) is 16.7 Å². The molecule has 0 fully saturated rings. The Morgan fingerprint density at radius 2 is 2.15 bits per heavy atom. The Bertz CT molecular complexity index is 767. The molecule has 2 aromatic rings. The van der Waals surface area contributed by atoms with Crippen LogP contribution in [0.2, 0.25) is 5.02 Å². The first-order chi connectivity index (χ1) is 9.31. The number of rotatable bonds is 5. The topological polar surface area (TPSA) is 83.5 Å². The van der Waals surface area contributed by atoms with Gasteiger partial charge in [-0.2, -0.15) is 0 Å². The average Bonchev–Trinajstić information content (AvgIpc) is 2.64. The van der Waals surface area contributed by atoms with Crippen LogP contribution < -0.4 is 4.72 Å². The third-order valence-corrected chi connectivity index (χ3v) is 5.77. The maximum absolute atomic E-state index is 12.3. The molecule has 0 amide bonds. The monoisotopic (exact) mass is 333 g/mol. The van der Waals surface area contributed by atoms with Crippen molar-refractivity contribution in [1.29, 1.82) is 0 Å². The summed E-state index contributed by atoms with van der Waals surface area (Å²) in [6, 6.07) is 5.08. The second-order valence-corrected chi connectivity index (χ2v) is 7.57. The molecule has 20 heavy (non-hydrogen) atoms. The van der Waals surface area contributed by atoms with Gasteiger partial charge in [0, 0.05) is 26.5 Å². The van der Waals surface area contributed by atoms with Gasteiger partial charge in [-0.05, 0) is 25.1 Å². The number of sulfonamides is 1. The van der Waals surface area contributed by atoms with Gasteiger partial charge in [0.25, 0.3) is 0 Å². The number of fused-ring (bicyclic) bond motifs is 1. The smallest absolute Gasteiger partial charge is 0.304 e. The minimum atomic E-state index is -3.75. The Morgan fingerprint density at radius 1 is 1.45 bits per heavy atom. The highest BCUT2D eigenvalue weighted by Gasteiger charge is 2.22. The Labute approximate surface area is 125 Å². The summed E-state index contributed by atoms with van der Waals surface area (Å²) in [6.07, 6.45) is -0.263.